The second kappa shape index (κ2) is 7.48. The smallest absolute Gasteiger partial charge is 0.341 e. The van der Waals surface area contributed by atoms with Crippen LogP contribution >= 0.6 is 12.4 Å². The second-order valence-corrected chi connectivity index (χ2v) is 7.34. The van der Waals surface area contributed by atoms with Crippen molar-refractivity contribution in [2.75, 3.05) is 26.7 Å². The molecule has 8 heteroatoms. The maximum Gasteiger partial charge on any atom is 0.341 e. The van der Waals surface area contributed by atoms with Gasteiger partial charge in [0.15, 0.2) is 11.6 Å². The van der Waals surface area contributed by atoms with Gasteiger partial charge in [-0.05, 0) is 38.9 Å². The summed E-state index contributed by atoms with van der Waals surface area (Å²) in [6.45, 7) is 2.35. The lowest BCUT2D eigenvalue weighted by molar-refractivity contribution is 0.0695. The molecule has 0 amide bonds. The molecule has 1 aliphatic heterocycles. The van der Waals surface area contributed by atoms with E-state index >= 15 is 0 Å². The third-order valence-electron chi connectivity index (χ3n) is 5.22. The van der Waals surface area contributed by atoms with Crippen LogP contribution in [0.25, 0.3) is 10.9 Å². The number of carboxylic acid groups (broad SMARTS) is 1. The van der Waals surface area contributed by atoms with Crippen LogP contribution in [0, 0.1) is 11.7 Å². The summed E-state index contributed by atoms with van der Waals surface area (Å²) in [6, 6.07) is 2.80. The molecule has 1 aliphatic carbocycles. The van der Waals surface area contributed by atoms with Crippen molar-refractivity contribution in [3.05, 3.63) is 39.9 Å². The van der Waals surface area contributed by atoms with E-state index in [9.17, 15) is 19.1 Å². The highest BCUT2D eigenvalue weighted by Gasteiger charge is 2.28. The average molecular weight is 397 g/mol. The molecular weight excluding hydrogens is 375 g/mol. The number of pyridine rings is 1. The zero-order valence-electron chi connectivity index (χ0n) is 15.0. The molecule has 1 saturated heterocycles. The van der Waals surface area contributed by atoms with Crippen LogP contribution in [0.4, 0.5) is 4.39 Å². The SMILES string of the molecule is CN1CCC(COc2cc3c(cc2F)c(=O)c(C(=O)O)cn3C2CC2)C1.Cl. The first-order valence-electron chi connectivity index (χ1n) is 8.87. The maximum atomic E-state index is 14.5. The lowest BCUT2D eigenvalue weighted by Crippen LogP contribution is -2.20. The summed E-state index contributed by atoms with van der Waals surface area (Å²) in [5, 5.41) is 9.35. The van der Waals surface area contributed by atoms with Crippen LogP contribution in [-0.4, -0.2) is 47.3 Å². The Hall–Kier alpha value is -2.12. The molecule has 0 spiro atoms. The lowest BCUT2D eigenvalue weighted by Gasteiger charge is -2.16. The number of hydrogen-bond acceptors (Lipinski definition) is 4. The van der Waals surface area contributed by atoms with Gasteiger partial charge in [0.05, 0.1) is 12.1 Å². The van der Waals surface area contributed by atoms with Gasteiger partial charge < -0.3 is 19.3 Å². The minimum atomic E-state index is -1.29. The number of benzene rings is 1. The number of ether oxygens (including phenoxy) is 1. The minimum Gasteiger partial charge on any atom is -0.490 e. The molecule has 146 valence electrons. The number of nitrogens with zero attached hydrogens (tertiary/aromatic N) is 2. The Labute approximate surface area is 161 Å². The summed E-state index contributed by atoms with van der Waals surface area (Å²) in [5.74, 6) is -1.46. The van der Waals surface area contributed by atoms with Crippen molar-refractivity contribution in [2.24, 2.45) is 5.92 Å². The minimum absolute atomic E-state index is 0. The number of carboxylic acids is 1. The number of rotatable bonds is 5. The Morgan fingerprint density at radius 1 is 1.33 bits per heavy atom. The van der Waals surface area contributed by atoms with Crippen molar-refractivity contribution in [3.63, 3.8) is 0 Å². The number of aromatic carboxylic acids is 1. The molecule has 1 atom stereocenters. The molecule has 2 aromatic rings. The van der Waals surface area contributed by atoms with Gasteiger partial charge in [0.25, 0.3) is 0 Å². The van der Waals surface area contributed by atoms with Gasteiger partial charge in [-0.25, -0.2) is 9.18 Å². The topological polar surface area (TPSA) is 71.8 Å². The second-order valence-electron chi connectivity index (χ2n) is 7.34. The summed E-state index contributed by atoms with van der Waals surface area (Å²) in [6.07, 6.45) is 4.22. The van der Waals surface area contributed by atoms with Crippen LogP contribution in [0.2, 0.25) is 0 Å². The number of aromatic nitrogens is 1. The van der Waals surface area contributed by atoms with Gasteiger partial charge in [-0.2, -0.15) is 0 Å². The van der Waals surface area contributed by atoms with E-state index < -0.39 is 17.2 Å². The zero-order valence-corrected chi connectivity index (χ0v) is 15.8. The molecule has 1 saturated carbocycles. The molecule has 6 nitrogen and oxygen atoms in total. The van der Waals surface area contributed by atoms with Crippen LogP contribution in [0.3, 0.4) is 0 Å². The molecule has 2 aliphatic rings. The van der Waals surface area contributed by atoms with Crippen LogP contribution in [0.5, 0.6) is 5.75 Å². The molecule has 0 radical (unpaired) electrons. The van der Waals surface area contributed by atoms with Crippen LogP contribution in [-0.2, 0) is 0 Å². The molecule has 0 bridgehead atoms. The fourth-order valence-corrected chi connectivity index (χ4v) is 3.64. The van der Waals surface area contributed by atoms with Crippen molar-refractivity contribution in [1.29, 1.82) is 0 Å². The number of carbonyl (C=O) groups is 1. The monoisotopic (exact) mass is 396 g/mol. The first kappa shape index (κ1) is 19.6. The average Bonchev–Trinajstić information content (AvgIpc) is 3.35. The van der Waals surface area contributed by atoms with Crippen molar-refractivity contribution < 1.29 is 19.0 Å². The predicted molar refractivity (Wildman–Crippen MR) is 102 cm³/mol. The highest BCUT2D eigenvalue weighted by Crippen LogP contribution is 2.38. The van der Waals surface area contributed by atoms with E-state index in [4.69, 9.17) is 4.74 Å². The zero-order chi connectivity index (χ0) is 18.4. The summed E-state index contributed by atoms with van der Waals surface area (Å²) >= 11 is 0. The Morgan fingerprint density at radius 3 is 2.67 bits per heavy atom. The van der Waals surface area contributed by atoms with Crippen LogP contribution < -0.4 is 10.2 Å². The first-order valence-corrected chi connectivity index (χ1v) is 8.87. The van der Waals surface area contributed by atoms with Gasteiger partial charge in [-0.3, -0.25) is 4.79 Å². The Kier molecular flexibility index (Phi) is 5.44. The molecular formula is C19H22ClFN2O4. The van der Waals surface area contributed by atoms with Gasteiger partial charge in [0, 0.05) is 36.2 Å². The summed E-state index contributed by atoms with van der Waals surface area (Å²) in [7, 11) is 2.05. The fourth-order valence-electron chi connectivity index (χ4n) is 3.64. The summed E-state index contributed by atoms with van der Waals surface area (Å²) in [4.78, 5) is 26.0. The number of likely N-dealkylation sites (tertiary alicyclic amines) is 1. The molecule has 1 unspecified atom stereocenters. The third-order valence-corrected chi connectivity index (χ3v) is 5.22. The number of hydrogen-bond donors (Lipinski definition) is 1. The molecule has 2 fully saturated rings. The van der Waals surface area contributed by atoms with E-state index in [2.05, 4.69) is 4.90 Å². The maximum absolute atomic E-state index is 14.5. The summed E-state index contributed by atoms with van der Waals surface area (Å²) in [5.41, 5.74) is -0.457. The quantitative estimate of drug-likeness (QED) is 0.841. The van der Waals surface area contributed by atoms with Crippen molar-refractivity contribution in [2.45, 2.75) is 25.3 Å². The van der Waals surface area contributed by atoms with E-state index in [1.54, 1.807) is 4.57 Å². The molecule has 1 aromatic heterocycles. The van der Waals surface area contributed by atoms with Gasteiger partial charge >= 0.3 is 5.97 Å². The third kappa shape index (κ3) is 3.80. The van der Waals surface area contributed by atoms with Gasteiger partial charge in [0.2, 0.25) is 5.43 Å². The van der Waals surface area contributed by atoms with E-state index in [1.807, 2.05) is 7.05 Å². The Bertz CT molecular complexity index is 941. The lowest BCUT2D eigenvalue weighted by atomic mass is 10.1. The first-order chi connectivity index (χ1) is 12.4. The molecule has 2 heterocycles. The standard InChI is InChI=1S/C19H21FN2O4.ClH/c1-21-5-4-11(8-21)10-26-17-7-16-13(6-15(17)20)18(23)14(19(24)25)9-22(16)12-2-3-12;/h6-7,9,11-12H,2-5,8,10H2,1H3,(H,24,25);1H. The number of halogens is 2. The van der Waals surface area contributed by atoms with Gasteiger partial charge in [0.1, 0.15) is 5.56 Å². The van der Waals surface area contributed by atoms with E-state index in [0.29, 0.717) is 18.0 Å². The predicted octanol–water partition coefficient (Wildman–Crippen LogP) is 2.93. The number of fused-ring (bicyclic) bond motifs is 1. The normalized spacial score (nSPS) is 19.9. The van der Waals surface area contributed by atoms with Crippen molar-refractivity contribution in [1.82, 2.24) is 9.47 Å². The highest BCUT2D eigenvalue weighted by molar-refractivity contribution is 5.93. The molecule has 1 N–H and O–H groups in total. The van der Waals surface area contributed by atoms with E-state index in [0.717, 1.165) is 38.4 Å². The molecule has 4 rings (SSSR count). The van der Waals surface area contributed by atoms with Crippen LogP contribution in [0.15, 0.2) is 23.1 Å². The molecule has 27 heavy (non-hydrogen) atoms. The van der Waals surface area contributed by atoms with E-state index in [1.165, 1.54) is 12.3 Å². The van der Waals surface area contributed by atoms with E-state index in [-0.39, 0.29) is 35.1 Å². The van der Waals surface area contributed by atoms with Gasteiger partial charge in [-0.15, -0.1) is 12.4 Å². The summed E-state index contributed by atoms with van der Waals surface area (Å²) < 4.78 is 22.0. The van der Waals surface area contributed by atoms with Crippen molar-refractivity contribution >= 4 is 29.3 Å². The van der Waals surface area contributed by atoms with Crippen molar-refractivity contribution in [3.8, 4) is 5.75 Å². The molecule has 1 aromatic carbocycles. The Morgan fingerprint density at radius 2 is 2.07 bits per heavy atom. The largest absolute Gasteiger partial charge is 0.490 e. The van der Waals surface area contributed by atoms with Gasteiger partial charge in [-0.1, -0.05) is 0 Å². The fraction of sp³-hybridized carbons (Fsp3) is 0.474. The highest BCUT2D eigenvalue weighted by atomic mass is 35.5. The van der Waals surface area contributed by atoms with Crippen LogP contribution in [0.1, 0.15) is 35.7 Å². The Balaban J connectivity index is 0.00000210.